The fraction of sp³-hybridized carbons (Fsp3) is 0.636. The molecule has 0 spiro atoms. The van der Waals surface area contributed by atoms with Crippen LogP contribution < -0.4 is 5.32 Å². The van der Waals surface area contributed by atoms with Crippen molar-refractivity contribution >= 4 is 23.4 Å². The number of carbonyl (C=O) groups excluding carboxylic acids is 1. The summed E-state index contributed by atoms with van der Waals surface area (Å²) >= 11 is 0.980. The molecule has 1 rings (SSSR count). The highest BCUT2D eigenvalue weighted by Gasteiger charge is 2.33. The summed E-state index contributed by atoms with van der Waals surface area (Å²) < 4.78 is 3.71. The van der Waals surface area contributed by atoms with Crippen molar-refractivity contribution in [2.45, 2.75) is 40.2 Å². The van der Waals surface area contributed by atoms with Crippen LogP contribution in [0.2, 0.25) is 0 Å². The monoisotopic (exact) mass is 271 g/mol. The van der Waals surface area contributed by atoms with Crippen LogP contribution in [0.15, 0.2) is 0 Å². The van der Waals surface area contributed by atoms with Gasteiger partial charge in [0.2, 0.25) is 0 Å². The van der Waals surface area contributed by atoms with Gasteiger partial charge in [-0.1, -0.05) is 32.2 Å². The number of amides is 1. The molecule has 1 unspecified atom stereocenters. The minimum atomic E-state index is -1.05. The first-order valence-electron chi connectivity index (χ1n) is 5.62. The Kier molecular flexibility index (Phi) is 4.39. The molecule has 1 atom stereocenters. The first-order valence-corrected chi connectivity index (χ1v) is 6.39. The molecule has 0 aliphatic carbocycles. The van der Waals surface area contributed by atoms with Gasteiger partial charge in [0, 0.05) is 0 Å². The molecule has 0 saturated heterocycles. The van der Waals surface area contributed by atoms with Crippen molar-refractivity contribution in [1.82, 2.24) is 14.9 Å². The molecule has 100 valence electrons. The highest BCUT2D eigenvalue weighted by atomic mass is 32.1. The largest absolute Gasteiger partial charge is 0.480 e. The van der Waals surface area contributed by atoms with Gasteiger partial charge in [0.25, 0.3) is 5.91 Å². The zero-order valence-corrected chi connectivity index (χ0v) is 11.7. The molecule has 7 heteroatoms. The molecule has 6 nitrogen and oxygen atoms in total. The van der Waals surface area contributed by atoms with E-state index in [0.29, 0.717) is 17.0 Å². The minimum absolute atomic E-state index is 0.382. The van der Waals surface area contributed by atoms with Crippen molar-refractivity contribution in [2.24, 2.45) is 5.41 Å². The van der Waals surface area contributed by atoms with Crippen LogP contribution in [0.5, 0.6) is 0 Å². The smallest absolute Gasteiger partial charge is 0.326 e. The molecule has 0 radical (unpaired) electrons. The van der Waals surface area contributed by atoms with Crippen LogP contribution in [0.3, 0.4) is 0 Å². The normalized spacial score (nSPS) is 13.1. The zero-order valence-electron chi connectivity index (χ0n) is 10.9. The Morgan fingerprint density at radius 3 is 2.50 bits per heavy atom. The number of rotatable bonds is 4. The van der Waals surface area contributed by atoms with Gasteiger partial charge in [-0.2, -0.15) is 0 Å². The summed E-state index contributed by atoms with van der Waals surface area (Å²) in [5.74, 6) is -1.48. The second-order valence-corrected chi connectivity index (χ2v) is 5.77. The lowest BCUT2D eigenvalue weighted by Crippen LogP contribution is -2.49. The molecule has 0 aliphatic rings. The molecule has 1 heterocycles. The summed E-state index contributed by atoms with van der Waals surface area (Å²) in [5, 5.41) is 15.5. The molecular weight excluding hydrogens is 254 g/mol. The highest BCUT2D eigenvalue weighted by Crippen LogP contribution is 2.20. The molecule has 1 aromatic rings. The Labute approximate surface area is 110 Å². The van der Waals surface area contributed by atoms with Gasteiger partial charge in [-0.3, -0.25) is 4.79 Å². The quantitative estimate of drug-likeness (QED) is 0.862. The zero-order chi connectivity index (χ0) is 13.9. The third kappa shape index (κ3) is 3.25. The number of nitrogens with zero attached hydrogens (tertiary/aromatic N) is 2. The van der Waals surface area contributed by atoms with Gasteiger partial charge in [0.05, 0.1) is 5.69 Å². The van der Waals surface area contributed by atoms with Gasteiger partial charge < -0.3 is 10.4 Å². The van der Waals surface area contributed by atoms with Gasteiger partial charge in [0.15, 0.2) is 0 Å². The Balaban J connectivity index is 2.89. The van der Waals surface area contributed by atoms with Gasteiger partial charge in [-0.15, -0.1) is 5.10 Å². The van der Waals surface area contributed by atoms with Gasteiger partial charge in [0.1, 0.15) is 10.9 Å². The van der Waals surface area contributed by atoms with Crippen LogP contribution in [0.4, 0.5) is 0 Å². The van der Waals surface area contributed by atoms with E-state index in [-0.39, 0.29) is 0 Å². The third-order valence-corrected chi connectivity index (χ3v) is 3.25. The molecule has 0 aromatic carbocycles. The topological polar surface area (TPSA) is 92.2 Å². The number of hydrogen-bond donors (Lipinski definition) is 2. The Bertz CT molecular complexity index is 451. The number of aromatic nitrogens is 2. The Morgan fingerprint density at radius 1 is 1.44 bits per heavy atom. The maximum atomic E-state index is 12.0. The lowest BCUT2D eigenvalue weighted by Gasteiger charge is -2.27. The minimum Gasteiger partial charge on any atom is -0.480 e. The molecule has 18 heavy (non-hydrogen) atoms. The van der Waals surface area contributed by atoms with Gasteiger partial charge in [-0.25, -0.2) is 4.79 Å². The number of nitrogens with one attached hydrogen (secondary N) is 1. The number of carboxylic acid groups (broad SMARTS) is 1. The maximum Gasteiger partial charge on any atom is 0.326 e. The van der Waals surface area contributed by atoms with E-state index in [9.17, 15) is 9.59 Å². The standard InChI is InChI=1S/C11H17N3O3S/c1-5-6-7(18-14-13-6)9(15)12-8(10(16)17)11(2,3)4/h8H,5H2,1-4H3,(H,12,15)(H,16,17). The Morgan fingerprint density at radius 2 is 2.06 bits per heavy atom. The molecule has 0 fully saturated rings. The average Bonchev–Trinajstić information content (AvgIpc) is 2.71. The molecule has 1 aromatic heterocycles. The van der Waals surface area contributed by atoms with Gasteiger partial charge in [-0.05, 0) is 23.4 Å². The number of carbonyl (C=O) groups is 2. The van der Waals surface area contributed by atoms with E-state index < -0.39 is 23.3 Å². The summed E-state index contributed by atoms with van der Waals surface area (Å²) in [6.45, 7) is 7.15. The summed E-state index contributed by atoms with van der Waals surface area (Å²) in [6, 6.07) is -0.947. The lowest BCUT2D eigenvalue weighted by molar-refractivity contribution is -0.142. The first-order chi connectivity index (χ1) is 8.27. The van der Waals surface area contributed by atoms with Crippen LogP contribution >= 0.6 is 11.5 Å². The highest BCUT2D eigenvalue weighted by molar-refractivity contribution is 7.08. The molecule has 0 aliphatic heterocycles. The molecule has 2 N–H and O–H groups in total. The van der Waals surface area contributed by atoms with Crippen molar-refractivity contribution < 1.29 is 14.7 Å². The third-order valence-electron chi connectivity index (χ3n) is 2.49. The van der Waals surface area contributed by atoms with E-state index in [0.717, 1.165) is 11.5 Å². The Hall–Kier alpha value is -1.50. The molecule has 1 amide bonds. The van der Waals surface area contributed by atoms with E-state index in [4.69, 9.17) is 5.11 Å². The second kappa shape index (κ2) is 5.43. The number of aryl methyl sites for hydroxylation is 1. The fourth-order valence-electron chi connectivity index (χ4n) is 1.46. The van der Waals surface area contributed by atoms with Crippen molar-refractivity contribution in [3.63, 3.8) is 0 Å². The predicted molar refractivity (Wildman–Crippen MR) is 67.6 cm³/mol. The van der Waals surface area contributed by atoms with Crippen molar-refractivity contribution in [2.75, 3.05) is 0 Å². The van der Waals surface area contributed by atoms with E-state index >= 15 is 0 Å². The lowest BCUT2D eigenvalue weighted by atomic mass is 9.86. The molecular formula is C11H17N3O3S. The van der Waals surface area contributed by atoms with Crippen molar-refractivity contribution in [3.8, 4) is 0 Å². The number of hydrogen-bond acceptors (Lipinski definition) is 5. The second-order valence-electron chi connectivity index (χ2n) is 5.01. The summed E-state index contributed by atoms with van der Waals surface area (Å²) in [4.78, 5) is 23.5. The van der Waals surface area contributed by atoms with Crippen LogP contribution in [-0.2, 0) is 11.2 Å². The van der Waals surface area contributed by atoms with E-state index in [1.165, 1.54) is 0 Å². The van der Waals surface area contributed by atoms with Crippen LogP contribution in [0, 0.1) is 5.41 Å². The summed E-state index contributed by atoms with van der Waals surface area (Å²) in [6.07, 6.45) is 0.590. The van der Waals surface area contributed by atoms with E-state index in [1.807, 2.05) is 6.92 Å². The van der Waals surface area contributed by atoms with Gasteiger partial charge >= 0.3 is 5.97 Å². The number of aliphatic carboxylic acids is 1. The van der Waals surface area contributed by atoms with E-state index in [2.05, 4.69) is 14.9 Å². The molecule has 0 bridgehead atoms. The maximum absolute atomic E-state index is 12.0. The summed E-state index contributed by atoms with van der Waals surface area (Å²) in [5.41, 5.74) is 0.0296. The van der Waals surface area contributed by atoms with Crippen LogP contribution in [-0.4, -0.2) is 32.6 Å². The van der Waals surface area contributed by atoms with E-state index in [1.54, 1.807) is 20.8 Å². The van der Waals surface area contributed by atoms with Crippen molar-refractivity contribution in [3.05, 3.63) is 10.6 Å². The fourth-order valence-corrected chi connectivity index (χ4v) is 2.11. The SMILES string of the molecule is CCc1nnsc1C(=O)NC(C(=O)O)C(C)(C)C. The molecule has 0 saturated carbocycles. The van der Waals surface area contributed by atoms with Crippen LogP contribution in [0.25, 0.3) is 0 Å². The van der Waals surface area contributed by atoms with Crippen molar-refractivity contribution in [1.29, 1.82) is 0 Å². The van der Waals surface area contributed by atoms with Crippen LogP contribution in [0.1, 0.15) is 43.1 Å². The average molecular weight is 271 g/mol. The predicted octanol–water partition coefficient (Wildman–Crippen LogP) is 1.33. The first kappa shape index (κ1) is 14.6. The summed E-state index contributed by atoms with van der Waals surface area (Å²) in [7, 11) is 0. The number of carboxylic acids is 1.